The standard InChI is InChI=1S/C16H14ClFN2/c1-11(13-4-2-12(9-19)3-5-13)20-10-14-6-7-15(17)8-16(14)18/h2-8,11,20H,10H2,1H3. The molecular weight excluding hydrogens is 275 g/mol. The fourth-order valence-electron chi connectivity index (χ4n) is 1.89. The molecule has 1 atom stereocenters. The minimum Gasteiger partial charge on any atom is -0.306 e. The molecule has 0 fully saturated rings. The van der Waals surface area contributed by atoms with Gasteiger partial charge in [0.05, 0.1) is 11.6 Å². The molecule has 0 amide bonds. The third kappa shape index (κ3) is 3.57. The van der Waals surface area contributed by atoms with Crippen LogP contribution in [0.25, 0.3) is 0 Å². The summed E-state index contributed by atoms with van der Waals surface area (Å²) in [5.41, 5.74) is 2.26. The second kappa shape index (κ2) is 6.51. The van der Waals surface area contributed by atoms with Crippen molar-refractivity contribution in [2.24, 2.45) is 0 Å². The lowest BCUT2D eigenvalue weighted by molar-refractivity contribution is 0.544. The summed E-state index contributed by atoms with van der Waals surface area (Å²) in [5, 5.41) is 12.4. The first-order valence-corrected chi connectivity index (χ1v) is 6.65. The van der Waals surface area contributed by atoms with Crippen LogP contribution in [0.15, 0.2) is 42.5 Å². The monoisotopic (exact) mass is 288 g/mol. The lowest BCUT2D eigenvalue weighted by Crippen LogP contribution is -2.18. The Hall–Kier alpha value is -1.89. The van der Waals surface area contributed by atoms with Gasteiger partial charge in [0.2, 0.25) is 0 Å². The molecular formula is C16H14ClFN2. The van der Waals surface area contributed by atoms with Gasteiger partial charge in [0.1, 0.15) is 5.82 Å². The van der Waals surface area contributed by atoms with Crippen molar-refractivity contribution >= 4 is 11.6 Å². The summed E-state index contributed by atoms with van der Waals surface area (Å²) in [6, 6.07) is 14.2. The van der Waals surface area contributed by atoms with Gasteiger partial charge in [-0.3, -0.25) is 0 Å². The molecule has 0 saturated heterocycles. The molecule has 2 aromatic rings. The number of benzene rings is 2. The Morgan fingerprint density at radius 2 is 1.95 bits per heavy atom. The summed E-state index contributed by atoms with van der Waals surface area (Å²) in [6.07, 6.45) is 0. The lowest BCUT2D eigenvalue weighted by atomic mass is 10.1. The average molecular weight is 289 g/mol. The molecule has 0 aliphatic rings. The second-order valence-corrected chi connectivity index (χ2v) is 5.01. The quantitative estimate of drug-likeness (QED) is 0.915. The zero-order chi connectivity index (χ0) is 14.5. The first-order chi connectivity index (χ1) is 9.60. The Balaban J connectivity index is 2.00. The fourth-order valence-corrected chi connectivity index (χ4v) is 2.05. The van der Waals surface area contributed by atoms with E-state index in [2.05, 4.69) is 11.4 Å². The van der Waals surface area contributed by atoms with Gasteiger partial charge >= 0.3 is 0 Å². The molecule has 0 aliphatic carbocycles. The number of rotatable bonds is 4. The highest BCUT2D eigenvalue weighted by molar-refractivity contribution is 6.30. The van der Waals surface area contributed by atoms with E-state index in [1.807, 2.05) is 19.1 Å². The molecule has 4 heteroatoms. The minimum atomic E-state index is -0.308. The van der Waals surface area contributed by atoms with Crippen LogP contribution in [0.2, 0.25) is 5.02 Å². The van der Waals surface area contributed by atoms with Crippen molar-refractivity contribution in [2.75, 3.05) is 0 Å². The van der Waals surface area contributed by atoms with E-state index in [4.69, 9.17) is 16.9 Å². The van der Waals surface area contributed by atoms with Crippen LogP contribution in [0.1, 0.15) is 29.7 Å². The van der Waals surface area contributed by atoms with Gasteiger partial charge in [-0.1, -0.05) is 29.8 Å². The van der Waals surface area contributed by atoms with Gasteiger partial charge < -0.3 is 5.32 Å². The van der Waals surface area contributed by atoms with Crippen LogP contribution >= 0.6 is 11.6 Å². The maximum atomic E-state index is 13.6. The van der Waals surface area contributed by atoms with Gasteiger partial charge in [-0.2, -0.15) is 5.26 Å². The molecule has 0 saturated carbocycles. The number of nitrogens with zero attached hydrogens (tertiary/aromatic N) is 1. The van der Waals surface area contributed by atoms with E-state index in [0.717, 1.165) is 5.56 Å². The molecule has 0 aromatic heterocycles. The third-order valence-electron chi connectivity index (χ3n) is 3.15. The van der Waals surface area contributed by atoms with E-state index in [9.17, 15) is 4.39 Å². The lowest BCUT2D eigenvalue weighted by Gasteiger charge is -2.14. The molecule has 102 valence electrons. The topological polar surface area (TPSA) is 35.8 Å². The Bertz CT molecular complexity index is 632. The van der Waals surface area contributed by atoms with Crippen molar-refractivity contribution in [3.8, 4) is 6.07 Å². The van der Waals surface area contributed by atoms with Crippen molar-refractivity contribution in [1.29, 1.82) is 5.26 Å². The average Bonchev–Trinajstić information content (AvgIpc) is 2.46. The third-order valence-corrected chi connectivity index (χ3v) is 3.39. The van der Waals surface area contributed by atoms with Gasteiger partial charge in [-0.25, -0.2) is 4.39 Å². The Labute approximate surface area is 122 Å². The normalized spacial score (nSPS) is 11.9. The van der Waals surface area contributed by atoms with Crippen molar-refractivity contribution in [1.82, 2.24) is 5.32 Å². The fraction of sp³-hybridized carbons (Fsp3) is 0.188. The van der Waals surface area contributed by atoms with E-state index in [0.29, 0.717) is 22.7 Å². The molecule has 1 unspecified atom stereocenters. The van der Waals surface area contributed by atoms with Crippen LogP contribution in [0, 0.1) is 17.1 Å². The van der Waals surface area contributed by atoms with E-state index in [1.165, 1.54) is 6.07 Å². The summed E-state index contributed by atoms with van der Waals surface area (Å²) in [5.74, 6) is -0.308. The van der Waals surface area contributed by atoms with Crippen LogP contribution < -0.4 is 5.32 Å². The van der Waals surface area contributed by atoms with Crippen molar-refractivity contribution in [3.05, 3.63) is 70.0 Å². The number of halogens is 2. The highest BCUT2D eigenvalue weighted by Gasteiger charge is 2.07. The van der Waals surface area contributed by atoms with Crippen LogP contribution in [-0.2, 0) is 6.54 Å². The van der Waals surface area contributed by atoms with Gasteiger partial charge in [-0.05, 0) is 36.8 Å². The van der Waals surface area contributed by atoms with Crippen LogP contribution in [0.5, 0.6) is 0 Å². The number of hydrogen-bond acceptors (Lipinski definition) is 2. The van der Waals surface area contributed by atoms with Gasteiger partial charge in [-0.15, -0.1) is 0 Å². The van der Waals surface area contributed by atoms with Crippen LogP contribution in [-0.4, -0.2) is 0 Å². The first kappa shape index (κ1) is 14.5. The Morgan fingerprint density at radius 1 is 1.25 bits per heavy atom. The molecule has 0 radical (unpaired) electrons. The molecule has 0 bridgehead atoms. The zero-order valence-electron chi connectivity index (χ0n) is 11.0. The molecule has 2 aromatic carbocycles. The van der Waals surface area contributed by atoms with Crippen molar-refractivity contribution in [2.45, 2.75) is 19.5 Å². The molecule has 0 aliphatic heterocycles. The highest BCUT2D eigenvalue weighted by Crippen LogP contribution is 2.17. The molecule has 2 nitrogen and oxygen atoms in total. The highest BCUT2D eigenvalue weighted by atomic mass is 35.5. The summed E-state index contributed by atoms with van der Waals surface area (Å²) >= 11 is 5.72. The van der Waals surface area contributed by atoms with E-state index in [-0.39, 0.29) is 11.9 Å². The second-order valence-electron chi connectivity index (χ2n) is 4.57. The summed E-state index contributed by atoms with van der Waals surface area (Å²) in [7, 11) is 0. The molecule has 0 spiro atoms. The SMILES string of the molecule is CC(NCc1ccc(Cl)cc1F)c1ccc(C#N)cc1. The first-order valence-electron chi connectivity index (χ1n) is 6.27. The molecule has 20 heavy (non-hydrogen) atoms. The van der Waals surface area contributed by atoms with E-state index in [1.54, 1.807) is 24.3 Å². The summed E-state index contributed by atoms with van der Waals surface area (Å²) < 4.78 is 13.6. The van der Waals surface area contributed by atoms with E-state index < -0.39 is 0 Å². The number of hydrogen-bond donors (Lipinski definition) is 1. The van der Waals surface area contributed by atoms with Crippen molar-refractivity contribution in [3.63, 3.8) is 0 Å². The van der Waals surface area contributed by atoms with Gasteiger partial charge in [0.25, 0.3) is 0 Å². The van der Waals surface area contributed by atoms with E-state index >= 15 is 0 Å². The van der Waals surface area contributed by atoms with Crippen LogP contribution in [0.3, 0.4) is 0 Å². The maximum Gasteiger partial charge on any atom is 0.129 e. The summed E-state index contributed by atoms with van der Waals surface area (Å²) in [4.78, 5) is 0. The number of nitriles is 1. The predicted molar refractivity (Wildman–Crippen MR) is 77.8 cm³/mol. The summed E-state index contributed by atoms with van der Waals surface area (Å²) in [6.45, 7) is 2.42. The molecule has 2 rings (SSSR count). The Kier molecular flexibility index (Phi) is 4.73. The number of nitrogens with one attached hydrogen (secondary N) is 1. The van der Waals surface area contributed by atoms with Gasteiger partial charge in [0.15, 0.2) is 0 Å². The smallest absolute Gasteiger partial charge is 0.129 e. The minimum absolute atomic E-state index is 0.0674. The zero-order valence-corrected chi connectivity index (χ0v) is 11.8. The predicted octanol–water partition coefficient (Wildman–Crippen LogP) is 4.20. The Morgan fingerprint density at radius 3 is 2.55 bits per heavy atom. The maximum absolute atomic E-state index is 13.6. The molecule has 0 heterocycles. The van der Waals surface area contributed by atoms with Crippen molar-refractivity contribution < 1.29 is 4.39 Å². The van der Waals surface area contributed by atoms with Crippen LogP contribution in [0.4, 0.5) is 4.39 Å². The largest absolute Gasteiger partial charge is 0.306 e. The molecule has 1 N–H and O–H groups in total. The van der Waals surface area contributed by atoms with Gasteiger partial charge in [0, 0.05) is 23.2 Å².